The second-order valence-electron chi connectivity index (χ2n) is 10.1. The van der Waals surface area contributed by atoms with Crippen molar-refractivity contribution in [1.29, 1.82) is 5.26 Å². The lowest BCUT2D eigenvalue weighted by Crippen LogP contribution is -2.27. The van der Waals surface area contributed by atoms with Crippen LogP contribution in [0.2, 0.25) is 0 Å². The van der Waals surface area contributed by atoms with E-state index in [9.17, 15) is 15.2 Å². The lowest BCUT2D eigenvalue weighted by molar-refractivity contribution is -0.143. The molecule has 3 aromatic carbocycles. The number of para-hydroxylation sites is 1. The molecule has 2 heterocycles. The first-order valence-corrected chi connectivity index (χ1v) is 13.3. The molecule has 0 radical (unpaired) electrons. The van der Waals surface area contributed by atoms with Gasteiger partial charge in [0.1, 0.15) is 18.2 Å². The third kappa shape index (κ3) is 5.06. The number of nitriles is 1. The molecule has 2 aromatic heterocycles. The van der Waals surface area contributed by atoms with Gasteiger partial charge in [0.15, 0.2) is 0 Å². The van der Waals surface area contributed by atoms with Gasteiger partial charge in [-0.3, -0.25) is 4.79 Å². The van der Waals surface area contributed by atoms with E-state index in [-0.39, 0.29) is 5.92 Å². The van der Waals surface area contributed by atoms with Gasteiger partial charge in [-0.1, -0.05) is 49.2 Å². The number of ether oxygens (including phenoxy) is 1. The number of pyridine rings is 1. The topological polar surface area (TPSA) is 101 Å². The van der Waals surface area contributed by atoms with E-state index < -0.39 is 11.9 Å². The number of carboxylic acid groups (broad SMARTS) is 1. The Morgan fingerprint density at radius 3 is 2.62 bits per heavy atom. The third-order valence-corrected chi connectivity index (χ3v) is 7.63. The lowest BCUT2D eigenvalue weighted by atomic mass is 9.78. The zero-order valence-electron chi connectivity index (χ0n) is 21.5. The summed E-state index contributed by atoms with van der Waals surface area (Å²) in [6.07, 6.45) is 3.36. The number of fused-ring (bicyclic) bond motifs is 2. The predicted octanol–water partition coefficient (Wildman–Crippen LogP) is 6.44. The Morgan fingerprint density at radius 2 is 1.79 bits per heavy atom. The van der Waals surface area contributed by atoms with Crippen LogP contribution in [-0.2, 0) is 17.9 Å². The van der Waals surface area contributed by atoms with Crippen molar-refractivity contribution in [2.45, 2.75) is 44.8 Å². The summed E-state index contributed by atoms with van der Waals surface area (Å²) in [4.78, 5) is 21.9. The fraction of sp³-hybridized carbons (Fsp3) is 0.250. The van der Waals surface area contributed by atoms with Crippen molar-refractivity contribution < 1.29 is 14.6 Å². The van der Waals surface area contributed by atoms with E-state index in [2.05, 4.69) is 10.6 Å². The number of aliphatic carboxylic acids is 1. The highest BCUT2D eigenvalue weighted by Crippen LogP contribution is 2.39. The summed E-state index contributed by atoms with van der Waals surface area (Å²) >= 11 is 0. The summed E-state index contributed by atoms with van der Waals surface area (Å²) < 4.78 is 8.25. The molecule has 0 aliphatic heterocycles. The quantitative estimate of drug-likeness (QED) is 0.267. The van der Waals surface area contributed by atoms with Crippen molar-refractivity contribution in [3.05, 3.63) is 102 Å². The minimum Gasteiger partial charge on any atom is -0.487 e. The van der Waals surface area contributed by atoms with E-state index >= 15 is 0 Å². The molecule has 0 amide bonds. The van der Waals surface area contributed by atoms with Gasteiger partial charge in [-0.15, -0.1) is 0 Å². The third-order valence-electron chi connectivity index (χ3n) is 7.63. The van der Waals surface area contributed by atoms with Crippen LogP contribution in [0.25, 0.3) is 21.9 Å². The Hall–Kier alpha value is -4.70. The molecular weight excluding hydrogens is 488 g/mol. The molecule has 1 aliphatic rings. The van der Waals surface area contributed by atoms with E-state index in [4.69, 9.17) is 14.7 Å². The Bertz CT molecular complexity index is 1700. The molecular formula is C32H28N4O3. The fourth-order valence-corrected chi connectivity index (χ4v) is 5.62. The highest BCUT2D eigenvalue weighted by atomic mass is 16.5. The summed E-state index contributed by atoms with van der Waals surface area (Å²) in [5.41, 5.74) is 5.11. The maximum Gasteiger partial charge on any atom is 0.307 e. The minimum absolute atomic E-state index is 0.159. The minimum atomic E-state index is -0.761. The number of imidazole rings is 1. The number of carboxylic acids is 1. The molecule has 194 valence electrons. The Kier molecular flexibility index (Phi) is 6.68. The Balaban J connectivity index is 1.33. The molecule has 5 aromatic rings. The van der Waals surface area contributed by atoms with Gasteiger partial charge in [0.25, 0.3) is 0 Å². The average Bonchev–Trinajstić information content (AvgIpc) is 3.33. The maximum absolute atomic E-state index is 12.2. The summed E-state index contributed by atoms with van der Waals surface area (Å²) in [5.74, 6) is 0.113. The number of hydrogen-bond acceptors (Lipinski definition) is 5. The summed E-state index contributed by atoms with van der Waals surface area (Å²) in [6.45, 7) is 0.875. The van der Waals surface area contributed by atoms with E-state index in [1.54, 1.807) is 0 Å². The number of rotatable bonds is 7. The van der Waals surface area contributed by atoms with Gasteiger partial charge in [0, 0.05) is 23.9 Å². The molecule has 0 saturated heterocycles. The second-order valence-corrected chi connectivity index (χ2v) is 10.1. The first-order chi connectivity index (χ1) is 19.1. The summed E-state index contributed by atoms with van der Waals surface area (Å²) in [6, 6.07) is 27.5. The van der Waals surface area contributed by atoms with Crippen LogP contribution < -0.4 is 4.74 Å². The van der Waals surface area contributed by atoms with Crippen LogP contribution in [0, 0.1) is 17.2 Å². The van der Waals surface area contributed by atoms with Crippen molar-refractivity contribution in [1.82, 2.24) is 14.5 Å². The van der Waals surface area contributed by atoms with E-state index in [1.165, 1.54) is 0 Å². The van der Waals surface area contributed by atoms with Crippen molar-refractivity contribution in [2.75, 3.05) is 0 Å². The van der Waals surface area contributed by atoms with Gasteiger partial charge >= 0.3 is 5.97 Å². The van der Waals surface area contributed by atoms with Crippen LogP contribution in [0.4, 0.5) is 0 Å². The SMILES string of the molecule is N#Cc1ccc(Cn2c([C@H]3CCCCC3C(=O)O)nc3cc(OCc4ccc5ccccc5n4)ccc32)cc1. The largest absolute Gasteiger partial charge is 0.487 e. The molecule has 1 aliphatic carbocycles. The van der Waals surface area contributed by atoms with Gasteiger partial charge in [-0.2, -0.15) is 5.26 Å². The van der Waals surface area contributed by atoms with Gasteiger partial charge in [0.2, 0.25) is 0 Å². The first kappa shape index (κ1) is 24.6. The number of hydrogen-bond donors (Lipinski definition) is 1. The smallest absolute Gasteiger partial charge is 0.307 e. The van der Waals surface area contributed by atoms with E-state index in [0.29, 0.717) is 30.9 Å². The van der Waals surface area contributed by atoms with Crippen molar-refractivity contribution >= 4 is 27.9 Å². The number of carbonyl (C=O) groups is 1. The van der Waals surface area contributed by atoms with Crippen molar-refractivity contribution in [3.63, 3.8) is 0 Å². The normalized spacial score (nSPS) is 17.2. The van der Waals surface area contributed by atoms with Crippen LogP contribution in [-0.4, -0.2) is 25.6 Å². The zero-order valence-corrected chi connectivity index (χ0v) is 21.5. The highest BCUT2D eigenvalue weighted by Gasteiger charge is 2.35. The van der Waals surface area contributed by atoms with Gasteiger partial charge < -0.3 is 14.4 Å². The molecule has 0 bridgehead atoms. The molecule has 7 nitrogen and oxygen atoms in total. The van der Waals surface area contributed by atoms with Crippen LogP contribution >= 0.6 is 0 Å². The molecule has 39 heavy (non-hydrogen) atoms. The van der Waals surface area contributed by atoms with Crippen LogP contribution in [0.5, 0.6) is 5.75 Å². The van der Waals surface area contributed by atoms with Crippen LogP contribution in [0.1, 0.15) is 54.2 Å². The van der Waals surface area contributed by atoms with Gasteiger partial charge in [-0.25, -0.2) is 9.97 Å². The monoisotopic (exact) mass is 516 g/mol. The molecule has 0 spiro atoms. The fourth-order valence-electron chi connectivity index (χ4n) is 5.62. The average molecular weight is 517 g/mol. The Morgan fingerprint density at radius 1 is 0.974 bits per heavy atom. The van der Waals surface area contributed by atoms with Gasteiger partial charge in [-0.05, 0) is 54.8 Å². The lowest BCUT2D eigenvalue weighted by Gasteiger charge is -2.28. The van der Waals surface area contributed by atoms with Crippen LogP contribution in [0.15, 0.2) is 78.9 Å². The predicted molar refractivity (Wildman–Crippen MR) is 148 cm³/mol. The molecule has 1 saturated carbocycles. The molecule has 6 rings (SSSR count). The summed E-state index contributed by atoms with van der Waals surface area (Å²) in [7, 11) is 0. The molecule has 2 atom stereocenters. The van der Waals surface area contributed by atoms with Gasteiger partial charge in [0.05, 0.1) is 39.8 Å². The molecule has 1 fully saturated rings. The standard InChI is InChI=1S/C32H28N4O3/c33-18-21-9-11-22(12-10-21)19-36-30-16-15-25(39-20-24-14-13-23-5-1-4-8-28(23)34-24)17-29(30)35-31(36)26-6-2-3-7-27(26)32(37)38/h1,4-5,8-17,26-27H,2-3,6-7,19-20H2,(H,37,38)/t26-,27?/m0/s1. The molecule has 7 heteroatoms. The van der Waals surface area contributed by atoms with Crippen molar-refractivity contribution in [3.8, 4) is 11.8 Å². The number of nitrogens with zero attached hydrogens (tertiary/aromatic N) is 4. The molecule has 1 N–H and O–H groups in total. The zero-order chi connectivity index (χ0) is 26.8. The van der Waals surface area contributed by atoms with Crippen molar-refractivity contribution in [2.24, 2.45) is 5.92 Å². The summed E-state index contributed by atoms with van der Waals surface area (Å²) in [5, 5.41) is 20.2. The Labute approximate surface area is 226 Å². The molecule has 1 unspecified atom stereocenters. The highest BCUT2D eigenvalue weighted by molar-refractivity contribution is 5.79. The van der Waals surface area contributed by atoms with E-state index in [1.807, 2.05) is 78.9 Å². The first-order valence-electron chi connectivity index (χ1n) is 13.3. The number of aromatic nitrogens is 3. The van der Waals surface area contributed by atoms with Crippen LogP contribution in [0.3, 0.4) is 0 Å². The number of benzene rings is 3. The van der Waals surface area contributed by atoms with E-state index in [0.717, 1.165) is 58.3 Å². The second kappa shape index (κ2) is 10.6. The maximum atomic E-state index is 12.2.